The molecule has 0 aromatic carbocycles. The van der Waals surface area contributed by atoms with Crippen molar-refractivity contribution < 1.29 is 8.78 Å². The lowest BCUT2D eigenvalue weighted by molar-refractivity contribution is 0.0678. The molecule has 26 heavy (non-hydrogen) atoms. The first-order valence-electron chi connectivity index (χ1n) is 8.37. The Labute approximate surface area is 158 Å². The molecule has 3 heterocycles. The van der Waals surface area contributed by atoms with Crippen molar-refractivity contribution in [2.75, 3.05) is 0 Å². The summed E-state index contributed by atoms with van der Waals surface area (Å²) in [4.78, 5) is 23.4. The molecule has 0 amide bonds. The average Bonchev–Trinajstić information content (AvgIpc) is 3.17. The molecule has 0 spiro atoms. The maximum absolute atomic E-state index is 13.0. The first-order chi connectivity index (χ1) is 12.4. The zero-order chi connectivity index (χ0) is 18.8. The molecule has 0 bridgehead atoms. The molecule has 0 radical (unpaired) electrons. The smallest absolute Gasteiger partial charge is 0.287 e. The average molecular weight is 399 g/mol. The normalized spacial score (nSPS) is 11.8. The molecule has 0 aliphatic carbocycles. The molecule has 0 saturated heterocycles. The Kier molecular flexibility index (Phi) is 5.76. The minimum atomic E-state index is -2.63. The molecule has 0 atom stereocenters. The van der Waals surface area contributed by atoms with Gasteiger partial charge in [-0.3, -0.25) is 13.9 Å². The second-order valence-electron chi connectivity index (χ2n) is 5.99. The second-order valence-corrected chi connectivity index (χ2v) is 8.13. The highest BCUT2D eigenvalue weighted by atomic mass is 32.2. The molecule has 0 aliphatic heterocycles. The lowest BCUT2D eigenvalue weighted by atomic mass is 10.2. The Morgan fingerprint density at radius 1 is 1.35 bits per heavy atom. The van der Waals surface area contributed by atoms with Gasteiger partial charge in [0.2, 0.25) is 0 Å². The minimum absolute atomic E-state index is 0.0509. The number of aryl methyl sites for hydroxylation is 2. The number of nitrogens with zero attached hydrogens (tertiary/aromatic N) is 4. The third kappa shape index (κ3) is 3.55. The van der Waals surface area contributed by atoms with Crippen molar-refractivity contribution in [1.29, 1.82) is 0 Å². The number of rotatable bonds is 7. The largest absolute Gasteiger partial charge is 0.319 e. The van der Waals surface area contributed by atoms with Crippen molar-refractivity contribution in [3.05, 3.63) is 39.0 Å². The Morgan fingerprint density at radius 2 is 2.12 bits per heavy atom. The fourth-order valence-corrected chi connectivity index (χ4v) is 4.74. The molecule has 3 rings (SSSR count). The van der Waals surface area contributed by atoms with Crippen molar-refractivity contribution in [2.24, 2.45) is 0 Å². The number of hydrogen-bond donors (Lipinski definition) is 0. The van der Waals surface area contributed by atoms with E-state index in [1.165, 1.54) is 35.5 Å². The van der Waals surface area contributed by atoms with Crippen LogP contribution in [0.4, 0.5) is 8.78 Å². The van der Waals surface area contributed by atoms with Crippen molar-refractivity contribution in [1.82, 2.24) is 19.1 Å². The van der Waals surface area contributed by atoms with Crippen LogP contribution >= 0.6 is 23.1 Å². The van der Waals surface area contributed by atoms with Gasteiger partial charge in [-0.05, 0) is 25.8 Å². The van der Waals surface area contributed by atoms with E-state index in [1.807, 2.05) is 13.8 Å². The van der Waals surface area contributed by atoms with Crippen LogP contribution < -0.4 is 5.56 Å². The number of hydrogen-bond acceptors (Lipinski definition) is 5. The number of aromatic nitrogens is 4. The first kappa shape index (κ1) is 19.0. The third-order valence-corrected chi connectivity index (χ3v) is 6.35. The monoisotopic (exact) mass is 398 g/mol. The molecule has 0 fully saturated rings. The number of alkyl halides is 2. The second kappa shape index (κ2) is 7.87. The number of unbranched alkanes of at least 4 members (excludes halogenated alkanes) is 1. The Bertz CT molecular complexity index is 977. The summed E-state index contributed by atoms with van der Waals surface area (Å²) < 4.78 is 28.5. The van der Waals surface area contributed by atoms with E-state index in [4.69, 9.17) is 0 Å². The number of thiophene rings is 1. The summed E-state index contributed by atoms with van der Waals surface area (Å²) in [5.41, 5.74) is 0.919. The maximum atomic E-state index is 13.0. The van der Waals surface area contributed by atoms with Crippen molar-refractivity contribution in [3.8, 4) is 0 Å². The molecule has 0 N–H and O–H groups in total. The van der Waals surface area contributed by atoms with Gasteiger partial charge in [-0.25, -0.2) is 9.97 Å². The predicted molar refractivity (Wildman–Crippen MR) is 101 cm³/mol. The van der Waals surface area contributed by atoms with E-state index < -0.39 is 6.55 Å². The maximum Gasteiger partial charge on any atom is 0.319 e. The molecule has 5 nitrogen and oxygen atoms in total. The third-order valence-electron chi connectivity index (χ3n) is 4.28. The van der Waals surface area contributed by atoms with Crippen LogP contribution in [-0.4, -0.2) is 19.1 Å². The first-order valence-corrected chi connectivity index (χ1v) is 10.2. The van der Waals surface area contributed by atoms with E-state index in [-0.39, 0.29) is 17.1 Å². The summed E-state index contributed by atoms with van der Waals surface area (Å²) in [5, 5.41) is 1.23. The van der Waals surface area contributed by atoms with Gasteiger partial charge in [-0.2, -0.15) is 8.78 Å². The highest BCUT2D eigenvalue weighted by molar-refractivity contribution is 7.98. The van der Waals surface area contributed by atoms with Crippen LogP contribution in [0.3, 0.4) is 0 Å². The van der Waals surface area contributed by atoms with Crippen molar-refractivity contribution in [3.63, 3.8) is 0 Å². The predicted octanol–water partition coefficient (Wildman–Crippen LogP) is 4.76. The van der Waals surface area contributed by atoms with E-state index >= 15 is 0 Å². The zero-order valence-corrected chi connectivity index (χ0v) is 16.5. The zero-order valence-electron chi connectivity index (χ0n) is 14.8. The van der Waals surface area contributed by atoms with Gasteiger partial charge in [0.1, 0.15) is 10.7 Å². The van der Waals surface area contributed by atoms with Crippen LogP contribution in [0.1, 0.15) is 42.6 Å². The van der Waals surface area contributed by atoms with Crippen LogP contribution in [0.25, 0.3) is 10.2 Å². The molecule has 3 aromatic heterocycles. The number of halogens is 2. The van der Waals surface area contributed by atoms with E-state index in [1.54, 1.807) is 4.57 Å². The van der Waals surface area contributed by atoms with Gasteiger partial charge >= 0.3 is 6.55 Å². The summed E-state index contributed by atoms with van der Waals surface area (Å²) in [6.07, 6.45) is 4.42. The van der Waals surface area contributed by atoms with Crippen LogP contribution in [0.5, 0.6) is 0 Å². The number of thioether (sulfide) groups is 1. The van der Waals surface area contributed by atoms with Gasteiger partial charge in [-0.1, -0.05) is 25.1 Å². The molecule has 0 unspecified atom stereocenters. The topological polar surface area (TPSA) is 52.7 Å². The summed E-state index contributed by atoms with van der Waals surface area (Å²) in [6.45, 7) is 3.91. The van der Waals surface area contributed by atoms with Crippen molar-refractivity contribution >= 4 is 33.3 Å². The molecular weight excluding hydrogens is 378 g/mol. The van der Waals surface area contributed by atoms with E-state index in [0.717, 1.165) is 27.8 Å². The van der Waals surface area contributed by atoms with Crippen LogP contribution in [0, 0.1) is 13.8 Å². The fraction of sp³-hybridized carbons (Fsp3) is 0.471. The molecule has 3 aromatic rings. The summed E-state index contributed by atoms with van der Waals surface area (Å²) in [6, 6.07) is 0. The van der Waals surface area contributed by atoms with Gasteiger partial charge in [0.05, 0.1) is 11.1 Å². The Hall–Kier alpha value is -1.74. The molecule has 9 heteroatoms. The lowest BCUT2D eigenvalue weighted by Crippen LogP contribution is -2.23. The van der Waals surface area contributed by atoms with Gasteiger partial charge in [0, 0.05) is 23.8 Å². The van der Waals surface area contributed by atoms with E-state index in [2.05, 4.69) is 16.9 Å². The van der Waals surface area contributed by atoms with Gasteiger partial charge in [-0.15, -0.1) is 11.3 Å². The van der Waals surface area contributed by atoms with Gasteiger partial charge in [0.25, 0.3) is 5.56 Å². The fourth-order valence-electron chi connectivity index (χ4n) is 2.69. The highest BCUT2D eigenvalue weighted by Gasteiger charge is 2.18. The quantitative estimate of drug-likeness (QED) is 0.425. The molecule has 140 valence electrons. The molecule has 0 saturated carbocycles. The van der Waals surface area contributed by atoms with Crippen LogP contribution in [-0.2, 0) is 12.3 Å². The Morgan fingerprint density at radius 3 is 2.81 bits per heavy atom. The van der Waals surface area contributed by atoms with Crippen LogP contribution in [0.15, 0.2) is 22.3 Å². The summed E-state index contributed by atoms with van der Waals surface area (Å²) >= 11 is 2.77. The van der Waals surface area contributed by atoms with E-state index in [0.29, 0.717) is 21.9 Å². The van der Waals surface area contributed by atoms with Gasteiger partial charge in [0.15, 0.2) is 5.16 Å². The molecular formula is C17H20F2N4OS2. The van der Waals surface area contributed by atoms with Crippen LogP contribution in [0.2, 0.25) is 0 Å². The number of fused-ring (bicyclic) bond motifs is 1. The minimum Gasteiger partial charge on any atom is -0.287 e. The molecule has 0 aliphatic rings. The number of imidazole rings is 1. The SMILES string of the molecule is CCCCn1c(SCc2nccn2C(F)F)nc2sc(C)c(C)c2c1=O. The van der Waals surface area contributed by atoms with Crippen molar-refractivity contribution in [2.45, 2.75) is 57.6 Å². The summed E-state index contributed by atoms with van der Waals surface area (Å²) in [5.74, 6) is 0.491. The lowest BCUT2D eigenvalue weighted by Gasteiger charge is -2.12. The van der Waals surface area contributed by atoms with Gasteiger partial charge < -0.3 is 0 Å². The highest BCUT2D eigenvalue weighted by Crippen LogP contribution is 2.29. The Balaban J connectivity index is 2.00. The standard InChI is InChI=1S/C17H20F2N4OS2/c1-4-5-7-23-15(24)13-10(2)11(3)26-14(13)21-17(23)25-9-12-20-6-8-22(12)16(18)19/h6,8,16H,4-5,7,9H2,1-3H3. The van der Waals surface area contributed by atoms with E-state index in [9.17, 15) is 13.6 Å². The summed E-state index contributed by atoms with van der Waals surface area (Å²) in [7, 11) is 0.